The van der Waals surface area contributed by atoms with Gasteiger partial charge in [0.2, 0.25) is 0 Å². The standard InChI is InChI=1S/C18H24N2O4/c1-12-9-13(3-4-15(12)24-2)16(21)20-11-18(5-7-19-8-6-18)10-14(20)17(22)23/h3-4,9,14,19H,5-8,10-11H2,1-2H3,(H,22,23)/t14-/m1/s1. The third-order valence-electron chi connectivity index (χ3n) is 5.36. The first-order valence-corrected chi connectivity index (χ1v) is 8.35. The van der Waals surface area contributed by atoms with Crippen LogP contribution < -0.4 is 10.1 Å². The fraction of sp³-hybridized carbons (Fsp3) is 0.556. The molecule has 0 unspecified atom stereocenters. The minimum Gasteiger partial charge on any atom is -0.496 e. The second-order valence-corrected chi connectivity index (χ2v) is 6.93. The van der Waals surface area contributed by atoms with Crippen LogP contribution in [0.25, 0.3) is 0 Å². The number of piperidine rings is 1. The molecule has 6 nitrogen and oxygen atoms in total. The minimum absolute atomic E-state index is 0.0640. The number of aliphatic carboxylic acids is 1. The number of hydrogen-bond acceptors (Lipinski definition) is 4. The van der Waals surface area contributed by atoms with Gasteiger partial charge in [0.25, 0.3) is 5.91 Å². The highest BCUT2D eigenvalue weighted by Crippen LogP contribution is 2.42. The molecule has 2 saturated heterocycles. The van der Waals surface area contributed by atoms with E-state index in [1.807, 2.05) is 6.92 Å². The summed E-state index contributed by atoms with van der Waals surface area (Å²) in [6.07, 6.45) is 2.38. The van der Waals surface area contributed by atoms with Gasteiger partial charge in [0.15, 0.2) is 0 Å². The number of ether oxygens (including phenoxy) is 1. The van der Waals surface area contributed by atoms with Gasteiger partial charge in [-0.1, -0.05) is 0 Å². The van der Waals surface area contributed by atoms with Gasteiger partial charge in [0.05, 0.1) is 7.11 Å². The number of amides is 1. The van der Waals surface area contributed by atoms with Crippen molar-refractivity contribution in [3.8, 4) is 5.75 Å². The summed E-state index contributed by atoms with van der Waals surface area (Å²) in [6.45, 7) is 4.17. The van der Waals surface area contributed by atoms with Crippen LogP contribution in [0.5, 0.6) is 5.75 Å². The predicted molar refractivity (Wildman–Crippen MR) is 89.3 cm³/mol. The number of carbonyl (C=O) groups is 2. The summed E-state index contributed by atoms with van der Waals surface area (Å²) in [5.74, 6) is -0.398. The van der Waals surface area contributed by atoms with E-state index in [0.29, 0.717) is 18.5 Å². The summed E-state index contributed by atoms with van der Waals surface area (Å²) in [5.41, 5.74) is 1.32. The van der Waals surface area contributed by atoms with E-state index in [4.69, 9.17) is 4.74 Å². The molecule has 6 heteroatoms. The highest BCUT2D eigenvalue weighted by atomic mass is 16.5. The third kappa shape index (κ3) is 2.98. The van der Waals surface area contributed by atoms with Crippen LogP contribution in [0.3, 0.4) is 0 Å². The smallest absolute Gasteiger partial charge is 0.326 e. The van der Waals surface area contributed by atoms with Gasteiger partial charge in [-0.05, 0) is 68.5 Å². The third-order valence-corrected chi connectivity index (χ3v) is 5.36. The summed E-state index contributed by atoms with van der Waals surface area (Å²) >= 11 is 0. The number of likely N-dealkylation sites (tertiary alicyclic amines) is 1. The number of aryl methyl sites for hydroxylation is 1. The van der Waals surface area contributed by atoms with Gasteiger partial charge < -0.3 is 20.1 Å². The van der Waals surface area contributed by atoms with Crippen LogP contribution >= 0.6 is 0 Å². The number of nitrogens with one attached hydrogen (secondary N) is 1. The van der Waals surface area contributed by atoms with Crippen LogP contribution in [0.15, 0.2) is 18.2 Å². The van der Waals surface area contributed by atoms with E-state index in [1.165, 1.54) is 0 Å². The lowest BCUT2D eigenvalue weighted by Gasteiger charge is -2.33. The molecule has 2 aliphatic heterocycles. The topological polar surface area (TPSA) is 78.9 Å². The lowest BCUT2D eigenvalue weighted by Crippen LogP contribution is -2.42. The minimum atomic E-state index is -0.913. The molecule has 2 N–H and O–H groups in total. The molecule has 0 aromatic heterocycles. The maximum atomic E-state index is 12.9. The Morgan fingerprint density at radius 1 is 1.33 bits per heavy atom. The van der Waals surface area contributed by atoms with E-state index in [1.54, 1.807) is 30.2 Å². The summed E-state index contributed by atoms with van der Waals surface area (Å²) in [4.78, 5) is 26.2. The van der Waals surface area contributed by atoms with E-state index in [0.717, 1.165) is 37.2 Å². The van der Waals surface area contributed by atoms with Crippen LogP contribution in [0.4, 0.5) is 0 Å². The van der Waals surface area contributed by atoms with E-state index in [9.17, 15) is 14.7 Å². The Balaban J connectivity index is 1.86. The molecular formula is C18H24N2O4. The number of hydrogen-bond donors (Lipinski definition) is 2. The second-order valence-electron chi connectivity index (χ2n) is 6.93. The number of benzene rings is 1. The SMILES string of the molecule is COc1ccc(C(=O)N2CC3(CCNCC3)C[C@@H]2C(=O)O)cc1C. The predicted octanol–water partition coefficient (Wildman–Crippen LogP) is 1.67. The van der Waals surface area contributed by atoms with Crippen molar-refractivity contribution < 1.29 is 19.4 Å². The molecule has 24 heavy (non-hydrogen) atoms. The van der Waals surface area contributed by atoms with E-state index in [-0.39, 0.29) is 11.3 Å². The Morgan fingerprint density at radius 3 is 2.62 bits per heavy atom. The molecule has 1 spiro atoms. The van der Waals surface area contributed by atoms with Gasteiger partial charge in [0.1, 0.15) is 11.8 Å². The first-order valence-electron chi connectivity index (χ1n) is 8.35. The molecule has 1 aromatic rings. The Kier molecular flexibility index (Phi) is 4.49. The van der Waals surface area contributed by atoms with Crippen LogP contribution in [0, 0.1) is 12.3 Å². The highest BCUT2D eigenvalue weighted by Gasteiger charge is 2.49. The Hall–Kier alpha value is -2.08. The number of rotatable bonds is 3. The molecule has 2 fully saturated rings. The first-order chi connectivity index (χ1) is 11.5. The van der Waals surface area contributed by atoms with Crippen LogP contribution in [0.2, 0.25) is 0 Å². The molecule has 0 aliphatic carbocycles. The van der Waals surface area contributed by atoms with Gasteiger partial charge in [0, 0.05) is 12.1 Å². The second kappa shape index (κ2) is 6.43. The van der Waals surface area contributed by atoms with E-state index in [2.05, 4.69) is 5.32 Å². The van der Waals surface area contributed by atoms with Gasteiger partial charge in [-0.15, -0.1) is 0 Å². The van der Waals surface area contributed by atoms with Crippen molar-refractivity contribution in [1.29, 1.82) is 0 Å². The fourth-order valence-corrected chi connectivity index (χ4v) is 3.99. The van der Waals surface area contributed by atoms with Crippen LogP contribution in [0.1, 0.15) is 35.2 Å². The highest BCUT2D eigenvalue weighted by molar-refractivity contribution is 5.97. The summed E-state index contributed by atoms with van der Waals surface area (Å²) in [6, 6.07) is 4.50. The zero-order chi connectivity index (χ0) is 17.3. The van der Waals surface area contributed by atoms with Crippen molar-refractivity contribution in [3.05, 3.63) is 29.3 Å². The molecule has 2 heterocycles. The Bertz CT molecular complexity index is 652. The number of nitrogens with zero attached hydrogens (tertiary/aromatic N) is 1. The van der Waals surface area contributed by atoms with Crippen molar-refractivity contribution in [2.24, 2.45) is 5.41 Å². The largest absolute Gasteiger partial charge is 0.496 e. The van der Waals surface area contributed by atoms with E-state index >= 15 is 0 Å². The average Bonchev–Trinajstić information content (AvgIpc) is 2.94. The maximum absolute atomic E-state index is 12.9. The molecule has 1 atom stereocenters. The fourth-order valence-electron chi connectivity index (χ4n) is 3.99. The molecule has 2 aliphatic rings. The number of carboxylic acid groups (broad SMARTS) is 1. The Labute approximate surface area is 141 Å². The first kappa shape index (κ1) is 16.8. The summed E-state index contributed by atoms with van der Waals surface area (Å²) in [7, 11) is 1.59. The van der Waals surface area contributed by atoms with Crippen molar-refractivity contribution in [3.63, 3.8) is 0 Å². The average molecular weight is 332 g/mol. The van der Waals surface area contributed by atoms with Gasteiger partial charge in [-0.3, -0.25) is 4.79 Å². The van der Waals surface area contributed by atoms with Gasteiger partial charge in [-0.25, -0.2) is 4.79 Å². The quantitative estimate of drug-likeness (QED) is 0.880. The maximum Gasteiger partial charge on any atom is 0.326 e. The van der Waals surface area contributed by atoms with Gasteiger partial charge in [-0.2, -0.15) is 0 Å². The summed E-state index contributed by atoms with van der Waals surface area (Å²) < 4.78 is 5.23. The number of carboxylic acids is 1. The normalized spacial score (nSPS) is 22.6. The van der Waals surface area contributed by atoms with Crippen LogP contribution in [-0.2, 0) is 4.79 Å². The van der Waals surface area contributed by atoms with Crippen molar-refractivity contribution in [2.75, 3.05) is 26.7 Å². The molecular weight excluding hydrogens is 308 g/mol. The van der Waals surface area contributed by atoms with Crippen molar-refractivity contribution in [2.45, 2.75) is 32.2 Å². The lowest BCUT2D eigenvalue weighted by atomic mass is 9.77. The number of carbonyl (C=O) groups excluding carboxylic acids is 1. The zero-order valence-corrected chi connectivity index (χ0v) is 14.2. The zero-order valence-electron chi connectivity index (χ0n) is 14.2. The van der Waals surface area contributed by atoms with Crippen molar-refractivity contribution in [1.82, 2.24) is 10.2 Å². The lowest BCUT2D eigenvalue weighted by molar-refractivity contribution is -0.141. The van der Waals surface area contributed by atoms with Gasteiger partial charge >= 0.3 is 5.97 Å². The van der Waals surface area contributed by atoms with Crippen molar-refractivity contribution >= 4 is 11.9 Å². The molecule has 1 aromatic carbocycles. The molecule has 0 saturated carbocycles. The number of methoxy groups -OCH3 is 1. The van der Waals surface area contributed by atoms with Crippen LogP contribution in [-0.4, -0.2) is 54.7 Å². The Morgan fingerprint density at radius 2 is 2.04 bits per heavy atom. The molecule has 3 rings (SSSR count). The molecule has 0 bridgehead atoms. The monoisotopic (exact) mass is 332 g/mol. The van der Waals surface area contributed by atoms with E-state index < -0.39 is 12.0 Å². The molecule has 0 radical (unpaired) electrons. The summed E-state index contributed by atoms with van der Waals surface area (Å²) in [5, 5.41) is 12.9. The molecule has 1 amide bonds. The molecule has 130 valence electrons.